The Balaban J connectivity index is 1.51. The molecule has 2 atom stereocenters. The summed E-state index contributed by atoms with van der Waals surface area (Å²) in [5.41, 5.74) is -2.79. The van der Waals surface area contributed by atoms with Crippen molar-refractivity contribution in [1.82, 2.24) is 10.3 Å². The van der Waals surface area contributed by atoms with E-state index in [9.17, 15) is 28.1 Å². The van der Waals surface area contributed by atoms with Gasteiger partial charge in [-0.2, -0.15) is 18.2 Å². The van der Waals surface area contributed by atoms with E-state index in [4.69, 9.17) is 0 Å². The van der Waals surface area contributed by atoms with Crippen LogP contribution in [0.25, 0.3) is 10.1 Å². The predicted octanol–water partition coefficient (Wildman–Crippen LogP) is 5.46. The number of nitrogens with one attached hydrogen (secondary N) is 1. The molecule has 184 valence electrons. The molecule has 2 aliphatic carbocycles. The molecule has 1 aromatic heterocycles. The third kappa shape index (κ3) is 4.77. The largest absolute Gasteiger partial charge is 0.416 e. The van der Waals surface area contributed by atoms with E-state index in [1.165, 1.54) is 32.1 Å². The fourth-order valence-corrected chi connectivity index (χ4v) is 6.58. The van der Waals surface area contributed by atoms with E-state index in [1.54, 1.807) is 0 Å². The first-order valence-corrected chi connectivity index (χ1v) is 12.8. The molecule has 2 aromatic rings. The second kappa shape index (κ2) is 9.07. The lowest BCUT2D eigenvalue weighted by Gasteiger charge is -2.32. The molecule has 3 aliphatic rings. The first-order valence-electron chi connectivity index (χ1n) is 11.9. The van der Waals surface area contributed by atoms with Crippen LogP contribution in [0.3, 0.4) is 0 Å². The number of nitro benzene ring substituents is 1. The van der Waals surface area contributed by atoms with Crippen LogP contribution in [0.2, 0.25) is 0 Å². The fourth-order valence-electron chi connectivity index (χ4n) is 5.45. The SMILES string of the molecule is O=c1nc(N2CCC(CC3CCCCC3)C2NC2CC2)sc2c([N+](=O)[O-])cc(C(F)(F)F)cc12. The lowest BCUT2D eigenvalue weighted by Crippen LogP contribution is -2.46. The molecule has 3 fully saturated rings. The van der Waals surface area contributed by atoms with E-state index in [0.29, 0.717) is 41.7 Å². The van der Waals surface area contributed by atoms with Crippen molar-refractivity contribution < 1.29 is 18.1 Å². The van der Waals surface area contributed by atoms with Gasteiger partial charge in [0.25, 0.3) is 11.2 Å². The van der Waals surface area contributed by atoms with Crippen molar-refractivity contribution in [1.29, 1.82) is 0 Å². The van der Waals surface area contributed by atoms with Crippen LogP contribution < -0.4 is 15.8 Å². The lowest BCUT2D eigenvalue weighted by molar-refractivity contribution is -0.383. The van der Waals surface area contributed by atoms with Crippen molar-refractivity contribution in [2.45, 2.75) is 76.2 Å². The molecule has 1 aromatic carbocycles. The van der Waals surface area contributed by atoms with E-state index in [1.807, 2.05) is 4.90 Å². The van der Waals surface area contributed by atoms with Gasteiger partial charge in [-0.15, -0.1) is 0 Å². The highest BCUT2D eigenvalue weighted by Gasteiger charge is 2.40. The maximum absolute atomic E-state index is 13.3. The third-order valence-electron chi connectivity index (χ3n) is 7.33. The molecule has 0 amide bonds. The summed E-state index contributed by atoms with van der Waals surface area (Å²) < 4.78 is 39.8. The van der Waals surface area contributed by atoms with Gasteiger partial charge in [-0.25, -0.2) is 0 Å². The molecule has 1 aliphatic heterocycles. The van der Waals surface area contributed by atoms with Crippen molar-refractivity contribution in [2.75, 3.05) is 11.4 Å². The number of aromatic nitrogens is 1. The topological polar surface area (TPSA) is 88.4 Å². The molecule has 5 rings (SSSR count). The molecule has 0 bridgehead atoms. The van der Waals surface area contributed by atoms with Gasteiger partial charge in [-0.3, -0.25) is 20.2 Å². The molecular weight excluding hydrogens is 469 g/mol. The first kappa shape index (κ1) is 23.5. The number of anilines is 1. The zero-order valence-corrected chi connectivity index (χ0v) is 19.5. The summed E-state index contributed by atoms with van der Waals surface area (Å²) in [5, 5.41) is 15.3. The normalized spacial score (nSPS) is 24.1. The summed E-state index contributed by atoms with van der Waals surface area (Å²) in [6, 6.07) is 1.60. The number of benzene rings is 1. The van der Waals surface area contributed by atoms with Crippen LogP contribution in [-0.4, -0.2) is 28.7 Å². The van der Waals surface area contributed by atoms with Gasteiger partial charge < -0.3 is 4.90 Å². The lowest BCUT2D eigenvalue weighted by atomic mass is 9.81. The van der Waals surface area contributed by atoms with Crippen molar-refractivity contribution in [3.63, 3.8) is 0 Å². The first-order chi connectivity index (χ1) is 16.2. The maximum atomic E-state index is 13.3. The number of hydrogen-bond acceptors (Lipinski definition) is 7. The molecule has 0 radical (unpaired) electrons. The molecule has 11 heteroatoms. The van der Waals surface area contributed by atoms with E-state index < -0.39 is 27.9 Å². The van der Waals surface area contributed by atoms with Crippen LogP contribution in [0.4, 0.5) is 24.0 Å². The fraction of sp³-hybridized carbons (Fsp3) is 0.652. The van der Waals surface area contributed by atoms with Crippen LogP contribution in [0.5, 0.6) is 0 Å². The highest BCUT2D eigenvalue weighted by atomic mass is 32.1. The van der Waals surface area contributed by atoms with Gasteiger partial charge in [-0.05, 0) is 43.6 Å². The number of non-ortho nitro benzene ring substituents is 1. The Labute approximate surface area is 198 Å². The average Bonchev–Trinajstić information content (AvgIpc) is 3.53. The van der Waals surface area contributed by atoms with E-state index in [-0.39, 0.29) is 16.3 Å². The highest BCUT2D eigenvalue weighted by molar-refractivity contribution is 7.22. The molecular formula is C23H27F3N4O3S. The molecule has 1 N–H and O–H groups in total. The summed E-state index contributed by atoms with van der Waals surface area (Å²) in [4.78, 5) is 29.7. The van der Waals surface area contributed by atoms with Crippen LogP contribution in [-0.2, 0) is 6.18 Å². The molecule has 2 unspecified atom stereocenters. The number of rotatable bonds is 6. The van der Waals surface area contributed by atoms with Gasteiger partial charge in [0, 0.05) is 18.7 Å². The Kier molecular flexibility index (Phi) is 6.26. The zero-order chi connectivity index (χ0) is 24.0. The van der Waals surface area contributed by atoms with Crippen molar-refractivity contribution >= 4 is 32.2 Å². The summed E-state index contributed by atoms with van der Waals surface area (Å²) in [5.74, 6) is 1.07. The van der Waals surface area contributed by atoms with E-state index >= 15 is 0 Å². The van der Waals surface area contributed by atoms with Gasteiger partial charge in [0.2, 0.25) is 0 Å². The van der Waals surface area contributed by atoms with Gasteiger partial charge in [0.05, 0.1) is 22.0 Å². The van der Waals surface area contributed by atoms with Gasteiger partial charge in [-0.1, -0.05) is 43.4 Å². The molecule has 1 saturated heterocycles. The molecule has 0 spiro atoms. The summed E-state index contributed by atoms with van der Waals surface area (Å²) in [6.45, 7) is 0.657. The Morgan fingerprint density at radius 3 is 2.53 bits per heavy atom. The van der Waals surface area contributed by atoms with Crippen LogP contribution in [0.1, 0.15) is 63.4 Å². The molecule has 34 heavy (non-hydrogen) atoms. The van der Waals surface area contributed by atoms with Crippen molar-refractivity contribution in [3.8, 4) is 0 Å². The summed E-state index contributed by atoms with van der Waals surface area (Å²) in [6.07, 6.45) is 5.68. The third-order valence-corrected chi connectivity index (χ3v) is 8.47. The molecule has 2 saturated carbocycles. The standard InChI is InChI=1S/C23H27F3N4O3S/c24-23(25,26)15-11-17-19(18(12-15)30(32)33)34-22(28-21(17)31)29-9-8-14(20(29)27-16-6-7-16)10-13-4-2-1-3-5-13/h11-14,16,20,27H,1-10H2. The minimum absolute atomic E-state index is 0.0245. The number of hydrogen-bond donors (Lipinski definition) is 1. The number of halogens is 3. The van der Waals surface area contributed by atoms with Crippen LogP contribution in [0, 0.1) is 22.0 Å². The minimum Gasteiger partial charge on any atom is -0.332 e. The van der Waals surface area contributed by atoms with Crippen LogP contribution in [0.15, 0.2) is 16.9 Å². The quantitative estimate of drug-likeness (QED) is 0.422. The maximum Gasteiger partial charge on any atom is 0.416 e. The smallest absolute Gasteiger partial charge is 0.332 e. The molecule has 2 heterocycles. The second-order valence-electron chi connectivity index (χ2n) is 9.80. The predicted molar refractivity (Wildman–Crippen MR) is 124 cm³/mol. The number of nitro groups is 1. The van der Waals surface area contributed by atoms with Gasteiger partial charge in [0.1, 0.15) is 4.70 Å². The van der Waals surface area contributed by atoms with Crippen molar-refractivity contribution in [2.24, 2.45) is 11.8 Å². The monoisotopic (exact) mass is 496 g/mol. The Morgan fingerprint density at radius 2 is 1.88 bits per heavy atom. The summed E-state index contributed by atoms with van der Waals surface area (Å²) in [7, 11) is 0. The Hall–Kier alpha value is -2.27. The summed E-state index contributed by atoms with van der Waals surface area (Å²) >= 11 is 0.938. The van der Waals surface area contributed by atoms with Gasteiger partial charge in [0.15, 0.2) is 5.13 Å². The van der Waals surface area contributed by atoms with Crippen LogP contribution >= 0.6 is 11.3 Å². The molecule has 7 nitrogen and oxygen atoms in total. The Bertz CT molecular complexity index is 1140. The van der Waals surface area contributed by atoms with E-state index in [0.717, 1.165) is 37.0 Å². The minimum atomic E-state index is -4.80. The Morgan fingerprint density at radius 1 is 1.15 bits per heavy atom. The second-order valence-corrected chi connectivity index (χ2v) is 10.8. The average molecular weight is 497 g/mol. The zero-order valence-electron chi connectivity index (χ0n) is 18.6. The van der Waals surface area contributed by atoms with Crippen molar-refractivity contribution in [3.05, 3.63) is 38.2 Å². The number of nitrogens with zero attached hydrogens (tertiary/aromatic N) is 3. The van der Waals surface area contributed by atoms with Gasteiger partial charge >= 0.3 is 6.18 Å². The number of fused-ring (bicyclic) bond motifs is 1. The van der Waals surface area contributed by atoms with E-state index in [2.05, 4.69) is 10.3 Å². The number of alkyl halides is 3. The highest BCUT2D eigenvalue weighted by Crippen LogP contribution is 2.42.